The van der Waals surface area contributed by atoms with Gasteiger partial charge in [-0.25, -0.2) is 9.13 Å². The number of unbranched alkanes of at least 4 members (excludes halogenated alkanes) is 25. The molecule has 18 heteroatoms. The van der Waals surface area contributed by atoms with E-state index >= 15 is 0 Å². The van der Waals surface area contributed by atoms with Crippen LogP contribution in [0.15, 0.2) is 158 Å². The molecule has 0 rings (SSSR count). The third-order valence-electron chi connectivity index (χ3n) is 16.2. The summed E-state index contributed by atoms with van der Waals surface area (Å²) in [6.45, 7) is 2.26. The van der Waals surface area contributed by atoms with E-state index < -0.39 is 91.5 Å². The van der Waals surface area contributed by atoms with Gasteiger partial charge in [-0.2, -0.15) is 0 Å². The highest BCUT2D eigenvalue weighted by Crippen LogP contribution is 2.45. The molecule has 0 aliphatic rings. The minimum atomic E-state index is -4.95. The van der Waals surface area contributed by atoms with Crippen molar-refractivity contribution in [3.8, 4) is 0 Å². The molecule has 0 radical (unpaired) electrons. The third-order valence-corrected chi connectivity index (χ3v) is 18.1. The fourth-order valence-electron chi connectivity index (χ4n) is 10.3. The summed E-state index contributed by atoms with van der Waals surface area (Å²) in [7, 11) is -9.81. The summed E-state index contributed by atoms with van der Waals surface area (Å²) in [6.07, 6.45) is 96.0. The number of rotatable bonds is 74. The minimum Gasteiger partial charge on any atom is -0.463 e. The molecule has 0 aliphatic carbocycles. The van der Waals surface area contributed by atoms with Crippen LogP contribution in [0.2, 0.25) is 0 Å². The van der Waals surface area contributed by atoms with Gasteiger partial charge in [-0.15, -0.1) is 0 Å². The molecule has 0 amide bonds. The number of esters is 3. The Morgan fingerprint density at radius 3 is 0.806 bits per heavy atom. The van der Waals surface area contributed by atoms with E-state index in [-0.39, 0.29) is 19.3 Å². The second kappa shape index (κ2) is 76.8. The first kappa shape index (κ1) is 98.2. The summed E-state index contributed by atoms with van der Waals surface area (Å²) in [4.78, 5) is 58.6. The summed E-state index contributed by atoms with van der Waals surface area (Å²) in [6, 6.07) is 0. The van der Waals surface area contributed by atoms with Crippen molar-refractivity contribution in [3.63, 3.8) is 0 Å². The lowest BCUT2D eigenvalue weighted by molar-refractivity contribution is -0.161. The molecule has 0 spiro atoms. The largest absolute Gasteiger partial charge is 0.472 e. The SMILES string of the molecule is CC/C=C\C/C=C\C/C=C\C/C=C\C/C=C\CCCCCCCCCCCCCCCCCCCC(=O)OCC(O)COP(=O)(O)OCC(O)COP(=O)(O)OCC(COC(=O)CCC/C=C\C/C=C\C/C=C\C/C=C\C/C=C\CC)OC(=O)CCCCCCCCC/C=C\C/C=C\C/C=C\CC. The van der Waals surface area contributed by atoms with Gasteiger partial charge in [0, 0.05) is 19.3 Å². The van der Waals surface area contributed by atoms with E-state index in [2.05, 4.69) is 167 Å². The number of carbonyl (C=O) groups excluding carboxylic acids is 3. The van der Waals surface area contributed by atoms with Gasteiger partial charge in [-0.3, -0.25) is 32.5 Å². The average Bonchev–Trinajstić information content (AvgIpc) is 0.915. The number of hydrogen-bond donors (Lipinski definition) is 4. The molecule has 0 aromatic carbocycles. The van der Waals surface area contributed by atoms with Crippen molar-refractivity contribution in [2.24, 2.45) is 0 Å². The van der Waals surface area contributed by atoms with E-state index in [9.17, 15) is 43.5 Å². The first-order chi connectivity index (χ1) is 50.2. The quantitative estimate of drug-likeness (QED) is 0.0146. The van der Waals surface area contributed by atoms with E-state index in [1.54, 1.807) is 0 Å². The normalized spacial score (nSPS) is 14.8. The van der Waals surface area contributed by atoms with Crippen molar-refractivity contribution < 1.29 is 75.8 Å². The molecule has 103 heavy (non-hydrogen) atoms. The van der Waals surface area contributed by atoms with E-state index in [4.69, 9.17) is 32.3 Å². The first-order valence-electron chi connectivity index (χ1n) is 39.8. The van der Waals surface area contributed by atoms with E-state index in [0.717, 1.165) is 148 Å². The highest BCUT2D eigenvalue weighted by molar-refractivity contribution is 7.47. The van der Waals surface area contributed by atoms with Crippen LogP contribution in [0, 0.1) is 0 Å². The van der Waals surface area contributed by atoms with Crippen LogP contribution < -0.4 is 0 Å². The molecule has 5 unspecified atom stereocenters. The van der Waals surface area contributed by atoms with Crippen molar-refractivity contribution in [2.75, 3.05) is 39.6 Å². The molecular formula is C85H142O16P2. The average molecular weight is 1480 g/mol. The number of aliphatic hydroxyl groups excluding tert-OH is 2. The lowest BCUT2D eigenvalue weighted by atomic mass is 10.0. The summed E-state index contributed by atoms with van der Waals surface area (Å²) < 4.78 is 61.1. The van der Waals surface area contributed by atoms with E-state index in [0.29, 0.717) is 25.7 Å². The van der Waals surface area contributed by atoms with Crippen molar-refractivity contribution >= 4 is 33.6 Å². The summed E-state index contributed by atoms with van der Waals surface area (Å²) >= 11 is 0. The van der Waals surface area contributed by atoms with Crippen LogP contribution in [0.5, 0.6) is 0 Å². The second-order valence-corrected chi connectivity index (χ2v) is 29.0. The molecule has 0 aromatic heterocycles. The van der Waals surface area contributed by atoms with Gasteiger partial charge in [0.2, 0.25) is 0 Å². The monoisotopic (exact) mass is 1480 g/mol. The van der Waals surface area contributed by atoms with Gasteiger partial charge >= 0.3 is 33.6 Å². The highest BCUT2D eigenvalue weighted by Gasteiger charge is 2.29. The fourth-order valence-corrected chi connectivity index (χ4v) is 11.9. The minimum absolute atomic E-state index is 0.0769. The molecule has 0 fully saturated rings. The number of ether oxygens (including phenoxy) is 3. The van der Waals surface area contributed by atoms with Gasteiger partial charge in [-0.1, -0.05) is 307 Å². The Balaban J connectivity index is 4.48. The van der Waals surface area contributed by atoms with Crippen LogP contribution in [-0.4, -0.2) is 95.9 Å². The molecule has 0 saturated carbocycles. The molecule has 0 saturated heterocycles. The lowest BCUT2D eigenvalue weighted by Gasteiger charge is -2.21. The van der Waals surface area contributed by atoms with Gasteiger partial charge < -0.3 is 34.2 Å². The zero-order chi connectivity index (χ0) is 75.2. The zero-order valence-electron chi connectivity index (χ0n) is 64.2. The van der Waals surface area contributed by atoms with Crippen molar-refractivity contribution in [1.29, 1.82) is 0 Å². The Hall–Kier alpha value is -4.83. The molecular weight excluding hydrogens is 1340 g/mol. The third kappa shape index (κ3) is 78.1. The number of carbonyl (C=O) groups is 3. The smallest absolute Gasteiger partial charge is 0.463 e. The number of phosphoric acid groups is 2. The first-order valence-corrected chi connectivity index (χ1v) is 42.8. The molecule has 4 N–H and O–H groups in total. The molecule has 16 nitrogen and oxygen atoms in total. The van der Waals surface area contributed by atoms with Crippen LogP contribution in [0.1, 0.15) is 303 Å². The second-order valence-electron chi connectivity index (χ2n) is 26.1. The number of allylic oxidation sites excluding steroid dienone is 26. The van der Waals surface area contributed by atoms with Crippen LogP contribution in [0.4, 0.5) is 0 Å². The predicted octanol–water partition coefficient (Wildman–Crippen LogP) is 23.4. The summed E-state index contributed by atoms with van der Waals surface area (Å²) in [5.74, 6) is -1.66. The topological polar surface area (TPSA) is 231 Å². The van der Waals surface area contributed by atoms with Crippen LogP contribution in [-0.2, 0) is 55.8 Å². The molecule has 588 valence electrons. The van der Waals surface area contributed by atoms with Gasteiger partial charge in [0.15, 0.2) is 6.10 Å². The molecule has 0 aromatic rings. The Bertz CT molecular complexity index is 2500. The van der Waals surface area contributed by atoms with Gasteiger partial charge in [0.25, 0.3) is 0 Å². The van der Waals surface area contributed by atoms with Crippen molar-refractivity contribution in [2.45, 2.75) is 322 Å². The zero-order valence-corrected chi connectivity index (χ0v) is 66.0. The van der Waals surface area contributed by atoms with Crippen LogP contribution in [0.3, 0.4) is 0 Å². The summed E-state index contributed by atoms with van der Waals surface area (Å²) in [5.41, 5.74) is 0. The Labute approximate surface area is 625 Å². The highest BCUT2D eigenvalue weighted by atomic mass is 31.2. The van der Waals surface area contributed by atoms with Crippen LogP contribution >= 0.6 is 15.6 Å². The Morgan fingerprint density at radius 1 is 0.272 bits per heavy atom. The van der Waals surface area contributed by atoms with Crippen molar-refractivity contribution in [3.05, 3.63) is 158 Å². The Kier molecular flexibility index (Phi) is 73.2. The fraction of sp³-hybridized carbons (Fsp3) is 0.659. The maximum Gasteiger partial charge on any atom is 0.472 e. The predicted molar refractivity (Wildman–Crippen MR) is 426 cm³/mol. The number of aliphatic hydroxyl groups is 2. The van der Waals surface area contributed by atoms with Gasteiger partial charge in [0.05, 0.1) is 26.4 Å². The van der Waals surface area contributed by atoms with E-state index in [1.165, 1.54) is 89.9 Å². The Morgan fingerprint density at radius 2 is 0.495 bits per heavy atom. The standard InChI is InChI=1S/C85H142O16P2/c1-4-7-10-13-16-19-22-25-28-31-32-33-34-35-36-37-38-39-40-41-42-43-44-45-46-49-51-53-56-59-62-65-68-71-83(88)95-74-80(86)75-97-102(91,92)98-76-81(87)77-99-103(93,94)100-79-82(101-85(90)73-70-67-64-61-58-55-52-48-30-27-24-21-18-15-12-9-6-3)78-96-84(89)72-69-66-63-60-57-54-50-47-29-26-23-20-17-14-11-8-5-2/h7-12,16-21,25-30,32-33,35-36,50,54,60,63,80-82,86-87H,4-6,13-15,22-24,31,34,37-49,51-53,55-59,61-62,64-79H2,1-3H3,(H,91,92)(H,93,94)/b10-7-,11-8-,12-9-,19-16-,20-17-,21-18-,28-25-,29-26-,30-27-,33-32-,36-35-,54-50-,63-60-. The van der Waals surface area contributed by atoms with Gasteiger partial charge in [-0.05, 0) is 135 Å². The maximum atomic E-state index is 13.0. The summed E-state index contributed by atoms with van der Waals surface area (Å²) in [5, 5.41) is 20.6. The number of phosphoric ester groups is 2. The number of hydrogen-bond acceptors (Lipinski definition) is 14. The maximum absolute atomic E-state index is 13.0. The lowest BCUT2D eigenvalue weighted by Crippen LogP contribution is -2.30. The van der Waals surface area contributed by atoms with E-state index in [1.807, 2.05) is 12.2 Å². The van der Waals surface area contributed by atoms with Gasteiger partial charge in [0.1, 0.15) is 25.4 Å². The van der Waals surface area contributed by atoms with Crippen molar-refractivity contribution in [1.82, 2.24) is 0 Å². The molecule has 0 heterocycles. The van der Waals surface area contributed by atoms with Crippen LogP contribution in [0.25, 0.3) is 0 Å². The molecule has 0 bridgehead atoms. The molecule has 5 atom stereocenters. The molecule has 0 aliphatic heterocycles.